The molecule has 28 heavy (non-hydrogen) atoms. The topological polar surface area (TPSA) is 76.9 Å². The van der Waals surface area contributed by atoms with Crippen LogP contribution in [0.1, 0.15) is 53.9 Å². The summed E-state index contributed by atoms with van der Waals surface area (Å²) in [6.07, 6.45) is 1.98. The third kappa shape index (κ3) is 4.72. The molecule has 0 atom stereocenters. The Labute approximate surface area is 168 Å². The second kappa shape index (κ2) is 8.06. The van der Waals surface area contributed by atoms with E-state index in [9.17, 15) is 9.59 Å². The van der Waals surface area contributed by atoms with Crippen molar-refractivity contribution in [2.45, 2.75) is 46.0 Å². The van der Waals surface area contributed by atoms with Crippen LogP contribution in [0, 0.1) is 6.92 Å². The van der Waals surface area contributed by atoms with Gasteiger partial charge in [-0.3, -0.25) is 9.59 Å². The van der Waals surface area contributed by atoms with Crippen LogP contribution in [0.3, 0.4) is 0 Å². The Balaban J connectivity index is 1.74. The van der Waals surface area contributed by atoms with E-state index in [-0.39, 0.29) is 29.9 Å². The normalized spacial score (nSPS) is 11.4. The van der Waals surface area contributed by atoms with Crippen LogP contribution in [0.2, 0.25) is 0 Å². The molecule has 1 N–H and O–H groups in total. The van der Waals surface area contributed by atoms with E-state index in [0.717, 1.165) is 10.6 Å². The number of aryl methyl sites for hydroxylation is 1. The van der Waals surface area contributed by atoms with Gasteiger partial charge in [-0.1, -0.05) is 26.8 Å². The zero-order valence-electron chi connectivity index (χ0n) is 16.5. The molecule has 3 rings (SSSR count). The highest BCUT2D eigenvalue weighted by Gasteiger charge is 2.22. The molecular formula is C21H24N4O2S. The first-order valence-electron chi connectivity index (χ1n) is 9.15. The summed E-state index contributed by atoms with van der Waals surface area (Å²) in [5, 5.41) is 7.51. The number of amides is 1. The molecule has 3 heterocycles. The summed E-state index contributed by atoms with van der Waals surface area (Å²) in [6, 6.07) is 11.1. The van der Waals surface area contributed by atoms with Gasteiger partial charge in [-0.2, -0.15) is 9.78 Å². The van der Waals surface area contributed by atoms with Crippen molar-refractivity contribution >= 4 is 28.8 Å². The maximum absolute atomic E-state index is 12.5. The molecule has 0 spiro atoms. The highest BCUT2D eigenvalue weighted by atomic mass is 32.1. The number of pyridine rings is 1. The number of Topliss-reactive ketones (excluding diaryl/α,β-unsaturated/α-hetero) is 1. The second-order valence-electron chi connectivity index (χ2n) is 7.65. The fraction of sp³-hybridized carbons (Fsp3) is 0.333. The predicted octanol–water partition coefficient (Wildman–Crippen LogP) is 4.54. The van der Waals surface area contributed by atoms with Gasteiger partial charge in [-0.15, -0.1) is 11.3 Å². The average molecular weight is 397 g/mol. The Kier molecular flexibility index (Phi) is 5.74. The van der Waals surface area contributed by atoms with Crippen molar-refractivity contribution in [3.63, 3.8) is 0 Å². The number of aromatic nitrogens is 3. The molecule has 7 heteroatoms. The maximum Gasteiger partial charge on any atom is 0.225 e. The number of anilines is 1. The van der Waals surface area contributed by atoms with Crippen LogP contribution in [0.4, 0.5) is 5.82 Å². The van der Waals surface area contributed by atoms with E-state index in [1.165, 1.54) is 11.3 Å². The molecule has 0 saturated carbocycles. The van der Waals surface area contributed by atoms with E-state index >= 15 is 0 Å². The van der Waals surface area contributed by atoms with E-state index in [2.05, 4.69) is 36.2 Å². The van der Waals surface area contributed by atoms with Crippen LogP contribution in [0.25, 0.3) is 5.82 Å². The fourth-order valence-electron chi connectivity index (χ4n) is 2.63. The molecule has 3 aromatic rings. The van der Waals surface area contributed by atoms with Gasteiger partial charge in [0.25, 0.3) is 0 Å². The molecule has 0 aliphatic rings. The highest BCUT2D eigenvalue weighted by Crippen LogP contribution is 2.26. The Bertz CT molecular complexity index is 984. The third-order valence-corrected chi connectivity index (χ3v) is 5.25. The lowest BCUT2D eigenvalue weighted by Crippen LogP contribution is -2.16. The summed E-state index contributed by atoms with van der Waals surface area (Å²) in [6.45, 7) is 8.14. The van der Waals surface area contributed by atoms with Gasteiger partial charge >= 0.3 is 0 Å². The van der Waals surface area contributed by atoms with Crippen LogP contribution < -0.4 is 5.32 Å². The Morgan fingerprint density at radius 1 is 1.14 bits per heavy atom. The van der Waals surface area contributed by atoms with E-state index in [1.54, 1.807) is 10.9 Å². The highest BCUT2D eigenvalue weighted by molar-refractivity contribution is 7.14. The monoisotopic (exact) mass is 396 g/mol. The van der Waals surface area contributed by atoms with Crippen LogP contribution in [-0.4, -0.2) is 26.5 Å². The minimum Gasteiger partial charge on any atom is -0.311 e. The van der Waals surface area contributed by atoms with Crippen molar-refractivity contribution in [1.29, 1.82) is 0 Å². The number of hydrogen-bond donors (Lipinski definition) is 1. The SMILES string of the molecule is Cc1ccc(C(=O)CCC(=O)Nc2cc(C(C)(C)C)nn2-c2ccccn2)s1. The molecule has 146 valence electrons. The molecule has 0 aromatic carbocycles. The van der Waals surface area contributed by atoms with Gasteiger partial charge in [-0.25, -0.2) is 4.98 Å². The van der Waals surface area contributed by atoms with Crippen molar-refractivity contribution in [2.24, 2.45) is 0 Å². The molecule has 0 radical (unpaired) electrons. The Morgan fingerprint density at radius 2 is 1.93 bits per heavy atom. The average Bonchev–Trinajstić information content (AvgIpc) is 3.27. The minimum atomic E-state index is -0.223. The Morgan fingerprint density at radius 3 is 2.54 bits per heavy atom. The van der Waals surface area contributed by atoms with Gasteiger partial charge in [0.05, 0.1) is 10.6 Å². The van der Waals surface area contributed by atoms with Crippen molar-refractivity contribution in [3.05, 3.63) is 58.0 Å². The molecule has 6 nitrogen and oxygen atoms in total. The van der Waals surface area contributed by atoms with Crippen LogP contribution in [0.5, 0.6) is 0 Å². The van der Waals surface area contributed by atoms with Gasteiger partial charge in [-0.05, 0) is 31.2 Å². The largest absolute Gasteiger partial charge is 0.311 e. The zero-order valence-corrected chi connectivity index (χ0v) is 17.3. The van der Waals surface area contributed by atoms with Gasteiger partial charge in [0, 0.05) is 35.4 Å². The first-order valence-corrected chi connectivity index (χ1v) is 9.97. The number of hydrogen-bond acceptors (Lipinski definition) is 5. The number of nitrogens with zero attached hydrogens (tertiary/aromatic N) is 3. The first kappa shape index (κ1) is 19.9. The number of carbonyl (C=O) groups excluding carboxylic acids is 2. The number of nitrogens with one attached hydrogen (secondary N) is 1. The molecule has 0 saturated heterocycles. The number of ketones is 1. The van der Waals surface area contributed by atoms with E-state index in [4.69, 9.17) is 0 Å². The quantitative estimate of drug-likeness (QED) is 0.621. The van der Waals surface area contributed by atoms with E-state index in [1.807, 2.05) is 43.3 Å². The zero-order chi connectivity index (χ0) is 20.3. The number of carbonyl (C=O) groups is 2. The lowest BCUT2D eigenvalue weighted by atomic mass is 9.92. The van der Waals surface area contributed by atoms with Gasteiger partial charge in [0.1, 0.15) is 5.82 Å². The number of rotatable bonds is 6. The standard InChI is InChI=1S/C21H24N4O2S/c1-14-8-10-16(28-14)15(26)9-11-20(27)23-19-13-17(21(2,3)4)24-25(19)18-7-5-6-12-22-18/h5-8,10,12-13H,9,11H2,1-4H3,(H,23,27). The fourth-order valence-corrected chi connectivity index (χ4v) is 3.47. The molecule has 3 aromatic heterocycles. The van der Waals surface area contributed by atoms with Gasteiger partial charge in [0.15, 0.2) is 11.6 Å². The lowest BCUT2D eigenvalue weighted by molar-refractivity contribution is -0.116. The molecular weight excluding hydrogens is 372 g/mol. The molecule has 0 aliphatic carbocycles. The third-order valence-electron chi connectivity index (χ3n) is 4.21. The van der Waals surface area contributed by atoms with Crippen LogP contribution in [-0.2, 0) is 10.2 Å². The van der Waals surface area contributed by atoms with Gasteiger partial charge < -0.3 is 5.32 Å². The molecule has 0 bridgehead atoms. The maximum atomic E-state index is 12.5. The van der Waals surface area contributed by atoms with Crippen LogP contribution >= 0.6 is 11.3 Å². The van der Waals surface area contributed by atoms with Crippen molar-refractivity contribution in [3.8, 4) is 5.82 Å². The smallest absolute Gasteiger partial charge is 0.225 e. The summed E-state index contributed by atoms with van der Waals surface area (Å²) >= 11 is 1.45. The minimum absolute atomic E-state index is 0.0122. The Hall–Kier alpha value is -2.80. The lowest BCUT2D eigenvalue weighted by Gasteiger charge is -2.13. The van der Waals surface area contributed by atoms with Crippen molar-refractivity contribution in [2.75, 3.05) is 5.32 Å². The molecule has 1 amide bonds. The second-order valence-corrected chi connectivity index (χ2v) is 8.93. The van der Waals surface area contributed by atoms with Crippen molar-refractivity contribution in [1.82, 2.24) is 14.8 Å². The van der Waals surface area contributed by atoms with E-state index in [0.29, 0.717) is 16.5 Å². The van der Waals surface area contributed by atoms with Gasteiger partial charge in [0.2, 0.25) is 5.91 Å². The predicted molar refractivity (Wildman–Crippen MR) is 111 cm³/mol. The van der Waals surface area contributed by atoms with E-state index < -0.39 is 0 Å². The van der Waals surface area contributed by atoms with Crippen LogP contribution in [0.15, 0.2) is 42.6 Å². The van der Waals surface area contributed by atoms with Crippen molar-refractivity contribution < 1.29 is 9.59 Å². The molecule has 0 fully saturated rings. The summed E-state index contributed by atoms with van der Waals surface area (Å²) in [4.78, 5) is 30.8. The first-order chi connectivity index (χ1) is 13.2. The summed E-state index contributed by atoms with van der Waals surface area (Å²) in [5.74, 6) is 0.938. The molecule has 0 aliphatic heterocycles. The summed E-state index contributed by atoms with van der Waals surface area (Å²) in [5.41, 5.74) is 0.672. The molecule has 0 unspecified atom stereocenters. The summed E-state index contributed by atoms with van der Waals surface area (Å²) in [7, 11) is 0. The number of thiophene rings is 1. The summed E-state index contributed by atoms with van der Waals surface area (Å²) < 4.78 is 1.63.